The molecule has 5 heteroatoms. The van der Waals surface area contributed by atoms with Crippen LogP contribution in [0.2, 0.25) is 0 Å². The predicted molar refractivity (Wildman–Crippen MR) is 51.8 cm³/mol. The molecule has 0 spiro atoms. The Labute approximate surface area is 76.8 Å². The van der Waals surface area contributed by atoms with Crippen LogP contribution in [0.25, 0.3) is 0 Å². The van der Waals surface area contributed by atoms with E-state index in [4.69, 9.17) is 11.6 Å². The standard InChI is InChI=1S/C8H13N5/c1-5-3-4-6(2)11-7(5)8(9)12-13-10/h3-4,13H,10H2,1-2H3,(H2,9,12). The Morgan fingerprint density at radius 2 is 2.15 bits per heavy atom. The Morgan fingerprint density at radius 1 is 1.46 bits per heavy atom. The fourth-order valence-electron chi connectivity index (χ4n) is 1.01. The highest BCUT2D eigenvalue weighted by Gasteiger charge is 2.04. The summed E-state index contributed by atoms with van der Waals surface area (Å²) in [6.07, 6.45) is 0. The number of aromatic nitrogens is 1. The molecule has 0 aliphatic heterocycles. The summed E-state index contributed by atoms with van der Waals surface area (Å²) in [5, 5.41) is 3.66. The topological polar surface area (TPSA) is 89.3 Å². The van der Waals surface area contributed by atoms with Gasteiger partial charge in [0, 0.05) is 5.69 Å². The van der Waals surface area contributed by atoms with Crippen LogP contribution in [-0.2, 0) is 0 Å². The zero-order valence-electron chi connectivity index (χ0n) is 7.70. The molecule has 5 nitrogen and oxygen atoms in total. The van der Waals surface area contributed by atoms with Gasteiger partial charge in [-0.2, -0.15) is 0 Å². The summed E-state index contributed by atoms with van der Waals surface area (Å²) < 4.78 is 0. The summed E-state index contributed by atoms with van der Waals surface area (Å²) in [6.45, 7) is 3.81. The molecule has 0 aliphatic rings. The molecule has 13 heavy (non-hydrogen) atoms. The van der Waals surface area contributed by atoms with Crippen molar-refractivity contribution in [3.8, 4) is 0 Å². The molecule has 1 rings (SSSR count). The van der Waals surface area contributed by atoms with Gasteiger partial charge in [0.1, 0.15) is 5.69 Å². The minimum Gasteiger partial charge on any atom is -0.380 e. The van der Waals surface area contributed by atoms with Crippen LogP contribution in [0.5, 0.6) is 0 Å². The van der Waals surface area contributed by atoms with Gasteiger partial charge in [-0.25, -0.2) is 16.4 Å². The Balaban J connectivity index is 3.13. The first-order valence-corrected chi connectivity index (χ1v) is 3.88. The minimum atomic E-state index is 0.295. The number of nitrogens with two attached hydrogens (primary N) is 2. The number of hydrazine groups is 1. The normalized spacial score (nSPS) is 11.5. The third-order valence-corrected chi connectivity index (χ3v) is 1.66. The first-order valence-electron chi connectivity index (χ1n) is 3.88. The number of hydrogen-bond acceptors (Lipinski definition) is 4. The van der Waals surface area contributed by atoms with Crippen LogP contribution in [0.4, 0.5) is 0 Å². The summed E-state index contributed by atoms with van der Waals surface area (Å²) in [4.78, 5) is 4.24. The first-order chi connectivity index (χ1) is 6.15. The number of nitrogens with one attached hydrogen (secondary N) is 1. The molecule has 70 valence electrons. The Morgan fingerprint density at radius 3 is 2.77 bits per heavy atom. The van der Waals surface area contributed by atoms with Gasteiger partial charge in [-0.1, -0.05) is 6.07 Å². The van der Waals surface area contributed by atoms with Gasteiger partial charge in [0.25, 0.3) is 0 Å². The second-order valence-corrected chi connectivity index (χ2v) is 2.74. The Hall–Kier alpha value is -1.62. The highest BCUT2D eigenvalue weighted by atomic mass is 15.5. The lowest BCUT2D eigenvalue weighted by Crippen LogP contribution is -2.24. The number of pyridine rings is 1. The van der Waals surface area contributed by atoms with Crippen molar-refractivity contribution >= 4 is 5.84 Å². The number of rotatable bonds is 2. The van der Waals surface area contributed by atoms with E-state index in [1.807, 2.05) is 26.0 Å². The van der Waals surface area contributed by atoms with Gasteiger partial charge in [0.2, 0.25) is 0 Å². The minimum absolute atomic E-state index is 0.295. The van der Waals surface area contributed by atoms with Gasteiger partial charge in [0.15, 0.2) is 5.84 Å². The number of aryl methyl sites for hydroxylation is 2. The van der Waals surface area contributed by atoms with Crippen LogP contribution in [0.3, 0.4) is 0 Å². The summed E-state index contributed by atoms with van der Waals surface area (Å²) in [5.41, 5.74) is 10.3. The van der Waals surface area contributed by atoms with E-state index in [0.717, 1.165) is 11.3 Å². The summed E-state index contributed by atoms with van der Waals surface area (Å²) >= 11 is 0. The lowest BCUT2D eigenvalue weighted by Gasteiger charge is -2.04. The van der Waals surface area contributed by atoms with Crippen LogP contribution in [-0.4, -0.2) is 10.8 Å². The summed E-state index contributed by atoms with van der Waals surface area (Å²) in [5.74, 6) is 5.30. The largest absolute Gasteiger partial charge is 0.380 e. The van der Waals surface area contributed by atoms with E-state index in [1.54, 1.807) is 0 Å². The highest BCUT2D eigenvalue weighted by molar-refractivity contribution is 5.96. The van der Waals surface area contributed by atoms with Crippen LogP contribution in [0, 0.1) is 13.8 Å². The fourth-order valence-corrected chi connectivity index (χ4v) is 1.01. The molecule has 1 heterocycles. The van der Waals surface area contributed by atoms with Gasteiger partial charge < -0.3 is 5.73 Å². The van der Waals surface area contributed by atoms with Crippen LogP contribution in [0.15, 0.2) is 17.2 Å². The molecule has 0 atom stereocenters. The number of hydrazone groups is 1. The molecule has 0 amide bonds. The zero-order valence-corrected chi connectivity index (χ0v) is 7.70. The molecule has 5 N–H and O–H groups in total. The highest BCUT2D eigenvalue weighted by Crippen LogP contribution is 2.04. The molecule has 1 aromatic heterocycles. The van der Waals surface area contributed by atoms with Crippen molar-refractivity contribution in [3.63, 3.8) is 0 Å². The van der Waals surface area contributed by atoms with Crippen molar-refractivity contribution in [1.29, 1.82) is 0 Å². The van der Waals surface area contributed by atoms with E-state index >= 15 is 0 Å². The average molecular weight is 179 g/mol. The van der Waals surface area contributed by atoms with E-state index in [9.17, 15) is 0 Å². The van der Waals surface area contributed by atoms with Crippen LogP contribution >= 0.6 is 0 Å². The molecule has 0 fully saturated rings. The molecular weight excluding hydrogens is 166 g/mol. The maximum Gasteiger partial charge on any atom is 0.171 e. The van der Waals surface area contributed by atoms with Crippen molar-refractivity contribution in [1.82, 2.24) is 10.5 Å². The summed E-state index contributed by atoms with van der Waals surface area (Å²) in [7, 11) is 0. The molecule has 0 aromatic carbocycles. The fraction of sp³-hybridized carbons (Fsp3) is 0.250. The quantitative estimate of drug-likeness (QED) is 0.253. The number of amidine groups is 1. The van der Waals surface area contributed by atoms with Crippen molar-refractivity contribution in [2.24, 2.45) is 16.7 Å². The molecule has 0 unspecified atom stereocenters. The molecule has 0 bridgehead atoms. The van der Waals surface area contributed by atoms with Crippen molar-refractivity contribution in [3.05, 3.63) is 29.1 Å². The lowest BCUT2D eigenvalue weighted by molar-refractivity contribution is 0.802. The van der Waals surface area contributed by atoms with Crippen LogP contribution < -0.4 is 17.1 Å². The van der Waals surface area contributed by atoms with Crippen molar-refractivity contribution in [2.45, 2.75) is 13.8 Å². The van der Waals surface area contributed by atoms with Crippen LogP contribution in [0.1, 0.15) is 17.0 Å². The van der Waals surface area contributed by atoms with Crippen molar-refractivity contribution < 1.29 is 0 Å². The Kier molecular flexibility index (Phi) is 2.81. The zero-order chi connectivity index (χ0) is 9.84. The van der Waals surface area contributed by atoms with Gasteiger partial charge >= 0.3 is 0 Å². The van der Waals surface area contributed by atoms with E-state index in [2.05, 4.69) is 15.6 Å². The monoisotopic (exact) mass is 179 g/mol. The Bertz CT molecular complexity index is 331. The summed E-state index contributed by atoms with van der Waals surface area (Å²) in [6, 6.07) is 3.86. The van der Waals surface area contributed by atoms with E-state index in [0.29, 0.717) is 11.5 Å². The second kappa shape index (κ2) is 3.86. The molecule has 0 saturated heterocycles. The second-order valence-electron chi connectivity index (χ2n) is 2.74. The van der Waals surface area contributed by atoms with Gasteiger partial charge in [0.05, 0.1) is 0 Å². The SMILES string of the molecule is Cc1ccc(C)c(/C(N)=N/NN)n1. The smallest absolute Gasteiger partial charge is 0.171 e. The first kappa shape index (κ1) is 9.47. The van der Waals surface area contributed by atoms with Gasteiger partial charge in [-0.15, -0.1) is 5.10 Å². The van der Waals surface area contributed by atoms with Crippen molar-refractivity contribution in [2.75, 3.05) is 0 Å². The van der Waals surface area contributed by atoms with E-state index < -0.39 is 0 Å². The number of nitrogens with zero attached hydrogens (tertiary/aromatic N) is 2. The van der Waals surface area contributed by atoms with Gasteiger partial charge in [-0.05, 0) is 25.5 Å². The molecular formula is C8H13N5. The molecule has 0 aliphatic carbocycles. The number of hydrogen-bond donors (Lipinski definition) is 3. The van der Waals surface area contributed by atoms with Gasteiger partial charge in [-0.3, -0.25) is 0 Å². The maximum absolute atomic E-state index is 5.62. The maximum atomic E-state index is 5.62. The third-order valence-electron chi connectivity index (χ3n) is 1.66. The lowest BCUT2D eigenvalue weighted by atomic mass is 10.2. The molecule has 1 aromatic rings. The molecule has 0 saturated carbocycles. The molecule has 0 radical (unpaired) electrons. The predicted octanol–water partition coefficient (Wildman–Crippen LogP) is -0.218. The van der Waals surface area contributed by atoms with E-state index in [1.165, 1.54) is 0 Å². The average Bonchev–Trinajstić information content (AvgIpc) is 2.09. The third kappa shape index (κ3) is 2.16. The van der Waals surface area contributed by atoms with E-state index in [-0.39, 0.29) is 0 Å².